The summed E-state index contributed by atoms with van der Waals surface area (Å²) in [6.07, 6.45) is 2.69. The van der Waals surface area contributed by atoms with Gasteiger partial charge in [-0.3, -0.25) is 4.79 Å². The lowest BCUT2D eigenvalue weighted by atomic mass is 10.1. The van der Waals surface area contributed by atoms with E-state index in [-0.39, 0.29) is 6.61 Å². The Morgan fingerprint density at radius 1 is 1.22 bits per heavy atom. The van der Waals surface area contributed by atoms with Gasteiger partial charge in [-0.05, 0) is 29.8 Å². The fraction of sp³-hybridized carbons (Fsp3) is 0.286. The molecule has 1 aliphatic rings. The molecule has 1 saturated heterocycles. The van der Waals surface area contributed by atoms with Gasteiger partial charge in [-0.2, -0.15) is 0 Å². The van der Waals surface area contributed by atoms with Crippen molar-refractivity contribution in [2.45, 2.75) is 6.04 Å². The standard InChI is InChI=1S/C21H23FN2O3/c22-19-7-2-1-4-16(19)8-9-21(26)23-20(15-25)17-5-3-6-18(14-17)24-10-12-27-13-11-24/h1-9,14,20,25H,10-13,15H2,(H,23,26)/b9-8+. The Morgan fingerprint density at radius 3 is 2.74 bits per heavy atom. The molecule has 1 aliphatic heterocycles. The van der Waals surface area contributed by atoms with Crippen molar-refractivity contribution in [1.29, 1.82) is 0 Å². The number of benzene rings is 2. The molecule has 2 N–H and O–H groups in total. The third-order valence-corrected chi connectivity index (χ3v) is 4.47. The number of carbonyl (C=O) groups excluding carboxylic acids is 1. The molecule has 2 aromatic rings. The smallest absolute Gasteiger partial charge is 0.244 e. The highest BCUT2D eigenvalue weighted by Gasteiger charge is 2.16. The van der Waals surface area contributed by atoms with E-state index in [1.807, 2.05) is 24.3 Å². The van der Waals surface area contributed by atoms with Crippen LogP contribution in [-0.4, -0.2) is 43.9 Å². The number of anilines is 1. The lowest BCUT2D eigenvalue weighted by molar-refractivity contribution is -0.117. The van der Waals surface area contributed by atoms with E-state index in [0.29, 0.717) is 18.8 Å². The Hall–Kier alpha value is -2.70. The topological polar surface area (TPSA) is 61.8 Å². The number of aliphatic hydroxyl groups excluding tert-OH is 1. The lowest BCUT2D eigenvalue weighted by Crippen LogP contribution is -2.36. The van der Waals surface area contributed by atoms with Crippen LogP contribution in [0.25, 0.3) is 6.08 Å². The highest BCUT2D eigenvalue weighted by atomic mass is 19.1. The van der Waals surface area contributed by atoms with Crippen molar-refractivity contribution >= 4 is 17.7 Å². The van der Waals surface area contributed by atoms with Crippen LogP contribution in [0.5, 0.6) is 0 Å². The molecule has 1 heterocycles. The Morgan fingerprint density at radius 2 is 2.00 bits per heavy atom. The molecule has 0 radical (unpaired) electrons. The molecule has 1 amide bonds. The molecule has 6 heteroatoms. The summed E-state index contributed by atoms with van der Waals surface area (Å²) in [7, 11) is 0. The number of amides is 1. The van der Waals surface area contributed by atoms with Crippen LogP contribution in [-0.2, 0) is 9.53 Å². The fourth-order valence-electron chi connectivity index (χ4n) is 2.99. The van der Waals surface area contributed by atoms with E-state index in [2.05, 4.69) is 10.2 Å². The van der Waals surface area contributed by atoms with Gasteiger partial charge in [0, 0.05) is 30.4 Å². The normalized spacial score (nSPS) is 15.7. The molecule has 0 bridgehead atoms. The maximum Gasteiger partial charge on any atom is 0.244 e. The molecule has 5 nitrogen and oxygen atoms in total. The van der Waals surface area contributed by atoms with Crippen molar-refractivity contribution in [3.05, 3.63) is 71.6 Å². The van der Waals surface area contributed by atoms with Crippen molar-refractivity contribution in [2.75, 3.05) is 37.8 Å². The van der Waals surface area contributed by atoms with Gasteiger partial charge in [-0.25, -0.2) is 4.39 Å². The van der Waals surface area contributed by atoms with Gasteiger partial charge in [-0.15, -0.1) is 0 Å². The summed E-state index contributed by atoms with van der Waals surface area (Å²) in [6, 6.07) is 13.4. The molecule has 3 rings (SSSR count). The lowest BCUT2D eigenvalue weighted by Gasteiger charge is -2.29. The van der Waals surface area contributed by atoms with Gasteiger partial charge in [0.1, 0.15) is 5.82 Å². The van der Waals surface area contributed by atoms with Gasteiger partial charge < -0.3 is 20.1 Å². The summed E-state index contributed by atoms with van der Waals surface area (Å²) in [5, 5.41) is 12.5. The molecule has 2 aromatic carbocycles. The summed E-state index contributed by atoms with van der Waals surface area (Å²) in [5.74, 6) is -0.785. The number of hydrogen-bond donors (Lipinski definition) is 2. The van der Waals surface area contributed by atoms with Crippen LogP contribution in [0.4, 0.5) is 10.1 Å². The van der Waals surface area contributed by atoms with Gasteiger partial charge in [0.2, 0.25) is 5.91 Å². The number of ether oxygens (including phenoxy) is 1. The first-order valence-corrected chi connectivity index (χ1v) is 8.94. The first kappa shape index (κ1) is 19.1. The van der Waals surface area contributed by atoms with Gasteiger partial charge >= 0.3 is 0 Å². The summed E-state index contributed by atoms with van der Waals surface area (Å²) < 4.78 is 19.0. The van der Waals surface area contributed by atoms with Crippen molar-refractivity contribution in [1.82, 2.24) is 5.32 Å². The van der Waals surface area contributed by atoms with Gasteiger partial charge in [0.25, 0.3) is 0 Å². The number of nitrogens with one attached hydrogen (secondary N) is 1. The maximum atomic E-state index is 13.6. The molecule has 27 heavy (non-hydrogen) atoms. The Balaban J connectivity index is 1.67. The molecule has 142 valence electrons. The zero-order valence-electron chi connectivity index (χ0n) is 15.0. The maximum absolute atomic E-state index is 13.6. The average Bonchev–Trinajstić information content (AvgIpc) is 2.72. The predicted molar refractivity (Wildman–Crippen MR) is 103 cm³/mol. The van der Waals surface area contributed by atoms with E-state index >= 15 is 0 Å². The monoisotopic (exact) mass is 370 g/mol. The first-order valence-electron chi connectivity index (χ1n) is 8.94. The zero-order chi connectivity index (χ0) is 19.1. The third kappa shape index (κ3) is 5.15. The minimum atomic E-state index is -0.538. The predicted octanol–water partition coefficient (Wildman–Crippen LogP) is 2.53. The Labute approximate surface area is 158 Å². The van der Waals surface area contributed by atoms with Crippen LogP contribution >= 0.6 is 0 Å². The van der Waals surface area contributed by atoms with Gasteiger partial charge in [0.05, 0.1) is 25.9 Å². The molecule has 1 atom stereocenters. The number of hydrogen-bond acceptors (Lipinski definition) is 4. The summed E-state index contributed by atoms with van der Waals surface area (Å²) in [4.78, 5) is 14.4. The second-order valence-corrected chi connectivity index (χ2v) is 6.29. The largest absolute Gasteiger partial charge is 0.394 e. The highest BCUT2D eigenvalue weighted by Crippen LogP contribution is 2.22. The molecule has 1 fully saturated rings. The minimum Gasteiger partial charge on any atom is -0.394 e. The van der Waals surface area contributed by atoms with E-state index in [1.54, 1.807) is 18.2 Å². The fourth-order valence-corrected chi connectivity index (χ4v) is 2.99. The van der Waals surface area contributed by atoms with Crippen LogP contribution < -0.4 is 10.2 Å². The van der Waals surface area contributed by atoms with Crippen molar-refractivity contribution in [3.8, 4) is 0 Å². The van der Waals surface area contributed by atoms with E-state index < -0.39 is 17.8 Å². The second-order valence-electron chi connectivity index (χ2n) is 6.29. The second kappa shape index (κ2) is 9.30. The quantitative estimate of drug-likeness (QED) is 0.767. The zero-order valence-corrected chi connectivity index (χ0v) is 15.0. The number of halogens is 1. The van der Waals surface area contributed by atoms with E-state index in [1.165, 1.54) is 18.2 Å². The van der Waals surface area contributed by atoms with E-state index in [0.717, 1.165) is 24.3 Å². The molecular formula is C21H23FN2O3. The van der Waals surface area contributed by atoms with Crippen LogP contribution in [0.1, 0.15) is 17.2 Å². The summed E-state index contributed by atoms with van der Waals surface area (Å²) in [5.41, 5.74) is 2.18. The number of morpholine rings is 1. The number of rotatable bonds is 6. The Bertz CT molecular complexity index is 804. The number of aliphatic hydroxyl groups is 1. The van der Waals surface area contributed by atoms with Crippen LogP contribution in [0.15, 0.2) is 54.6 Å². The molecule has 0 aromatic heterocycles. The van der Waals surface area contributed by atoms with Crippen LogP contribution in [0.3, 0.4) is 0 Å². The van der Waals surface area contributed by atoms with E-state index in [4.69, 9.17) is 4.74 Å². The van der Waals surface area contributed by atoms with Crippen molar-refractivity contribution < 1.29 is 19.0 Å². The third-order valence-electron chi connectivity index (χ3n) is 4.47. The number of nitrogens with zero attached hydrogens (tertiary/aromatic N) is 1. The minimum absolute atomic E-state index is 0.230. The molecule has 0 spiro atoms. The highest BCUT2D eigenvalue weighted by molar-refractivity contribution is 5.92. The number of carbonyl (C=O) groups is 1. The van der Waals surface area contributed by atoms with Crippen LogP contribution in [0.2, 0.25) is 0 Å². The van der Waals surface area contributed by atoms with Crippen LogP contribution in [0, 0.1) is 5.82 Å². The van der Waals surface area contributed by atoms with Gasteiger partial charge in [0.15, 0.2) is 0 Å². The Kier molecular flexibility index (Phi) is 6.57. The average molecular weight is 370 g/mol. The molecule has 0 saturated carbocycles. The van der Waals surface area contributed by atoms with Gasteiger partial charge in [-0.1, -0.05) is 30.3 Å². The van der Waals surface area contributed by atoms with Crippen molar-refractivity contribution in [3.63, 3.8) is 0 Å². The summed E-state index contributed by atoms with van der Waals surface area (Å²) in [6.45, 7) is 2.76. The van der Waals surface area contributed by atoms with Crippen molar-refractivity contribution in [2.24, 2.45) is 0 Å². The molecule has 0 aliphatic carbocycles. The molecule has 1 unspecified atom stereocenters. The SMILES string of the molecule is O=C(/C=C/c1ccccc1F)NC(CO)c1cccc(N2CCOCC2)c1. The summed E-state index contributed by atoms with van der Waals surface area (Å²) >= 11 is 0. The first-order chi connectivity index (χ1) is 13.2. The van der Waals surface area contributed by atoms with E-state index in [9.17, 15) is 14.3 Å². The molecular weight excluding hydrogens is 347 g/mol.